The maximum atomic E-state index is 12.7. The number of hydrogen-bond donors (Lipinski definition) is 0. The number of esters is 1. The molecule has 1 aromatic rings. The highest BCUT2D eigenvalue weighted by Crippen LogP contribution is 2.25. The molecule has 2 aliphatic heterocycles. The average molecular weight is 473 g/mol. The molecule has 1 aromatic carbocycles. The van der Waals surface area contributed by atoms with Gasteiger partial charge in [-0.25, -0.2) is 21.6 Å². The summed E-state index contributed by atoms with van der Waals surface area (Å²) < 4.78 is 54.3. The van der Waals surface area contributed by atoms with Gasteiger partial charge in [-0.15, -0.1) is 0 Å². The van der Waals surface area contributed by atoms with Gasteiger partial charge in [0, 0.05) is 19.1 Å². The molecular weight excluding hydrogens is 444 g/mol. The van der Waals surface area contributed by atoms with E-state index >= 15 is 0 Å². The van der Waals surface area contributed by atoms with Gasteiger partial charge in [-0.2, -0.15) is 0 Å². The first kappa shape index (κ1) is 23.5. The highest BCUT2D eigenvalue weighted by molar-refractivity contribution is 7.93. The summed E-state index contributed by atoms with van der Waals surface area (Å²) in [7, 11) is -6.53. The standard InChI is InChI=1S/C20H28N2O7S2/c1-2-3-9-21(18-8-12-30(25,26)15-18)19(23)14-29-20(24)16-6-4-7-17(13-16)22-10-5-11-31(22,27)28/h4,6-7,13,18H,2-3,5,8-12,14-15H2,1H3. The predicted molar refractivity (Wildman–Crippen MR) is 116 cm³/mol. The molecule has 2 aliphatic rings. The van der Waals surface area contributed by atoms with Gasteiger partial charge < -0.3 is 9.64 Å². The fourth-order valence-electron chi connectivity index (χ4n) is 3.87. The summed E-state index contributed by atoms with van der Waals surface area (Å²) in [6.45, 7) is 2.25. The molecule has 1 atom stereocenters. The second kappa shape index (κ2) is 9.56. The Labute approximate surface area is 183 Å². The molecule has 3 rings (SSSR count). The normalized spacial score (nSPS) is 21.7. The van der Waals surface area contributed by atoms with E-state index in [9.17, 15) is 26.4 Å². The van der Waals surface area contributed by atoms with Gasteiger partial charge >= 0.3 is 5.97 Å². The van der Waals surface area contributed by atoms with Crippen LogP contribution in [0.5, 0.6) is 0 Å². The fourth-order valence-corrected chi connectivity index (χ4v) is 7.16. The van der Waals surface area contributed by atoms with Crippen LogP contribution in [0.3, 0.4) is 0 Å². The van der Waals surface area contributed by atoms with E-state index in [1.165, 1.54) is 21.3 Å². The van der Waals surface area contributed by atoms with E-state index in [4.69, 9.17) is 4.74 Å². The topological polar surface area (TPSA) is 118 Å². The molecule has 1 unspecified atom stereocenters. The van der Waals surface area contributed by atoms with Crippen LogP contribution in [0.25, 0.3) is 0 Å². The Morgan fingerprint density at radius 1 is 1.19 bits per heavy atom. The van der Waals surface area contributed by atoms with E-state index in [-0.39, 0.29) is 22.8 Å². The van der Waals surface area contributed by atoms with E-state index in [1.807, 2.05) is 6.92 Å². The average Bonchev–Trinajstić information content (AvgIpc) is 3.27. The van der Waals surface area contributed by atoms with Crippen LogP contribution in [-0.2, 0) is 29.4 Å². The number of amides is 1. The molecule has 1 amide bonds. The summed E-state index contributed by atoms with van der Waals surface area (Å²) in [6, 6.07) is 5.72. The van der Waals surface area contributed by atoms with Crippen molar-refractivity contribution >= 4 is 37.4 Å². The minimum Gasteiger partial charge on any atom is -0.452 e. The number of benzene rings is 1. The number of sulfone groups is 1. The minimum atomic E-state index is -3.38. The predicted octanol–water partition coefficient (Wildman–Crippen LogP) is 1.20. The van der Waals surface area contributed by atoms with Crippen LogP contribution < -0.4 is 4.31 Å². The number of hydrogen-bond acceptors (Lipinski definition) is 7. The van der Waals surface area contributed by atoms with Crippen LogP contribution in [0.1, 0.15) is 43.0 Å². The summed E-state index contributed by atoms with van der Waals surface area (Å²) in [5, 5.41) is 0. The molecule has 9 nitrogen and oxygen atoms in total. The Bertz CT molecular complexity index is 1040. The third-order valence-corrected chi connectivity index (χ3v) is 9.14. The van der Waals surface area contributed by atoms with Crippen molar-refractivity contribution in [1.82, 2.24) is 4.90 Å². The maximum Gasteiger partial charge on any atom is 0.338 e. The zero-order valence-electron chi connectivity index (χ0n) is 17.5. The summed E-state index contributed by atoms with van der Waals surface area (Å²) in [4.78, 5) is 26.7. The van der Waals surface area contributed by atoms with E-state index in [1.54, 1.807) is 12.1 Å². The van der Waals surface area contributed by atoms with Crippen molar-refractivity contribution < 1.29 is 31.2 Å². The molecule has 2 heterocycles. The van der Waals surface area contributed by atoms with Crippen LogP contribution >= 0.6 is 0 Å². The maximum absolute atomic E-state index is 12.7. The van der Waals surface area contributed by atoms with E-state index < -0.39 is 44.4 Å². The van der Waals surface area contributed by atoms with Crippen molar-refractivity contribution in [2.24, 2.45) is 0 Å². The molecule has 0 spiro atoms. The van der Waals surface area contributed by atoms with Gasteiger partial charge in [-0.3, -0.25) is 9.10 Å². The van der Waals surface area contributed by atoms with Crippen LogP contribution in [-0.4, -0.2) is 76.6 Å². The summed E-state index contributed by atoms with van der Waals surface area (Å²) in [6.07, 6.45) is 2.48. The molecule has 0 N–H and O–H groups in total. The Hall–Kier alpha value is -2.14. The highest BCUT2D eigenvalue weighted by atomic mass is 32.2. The highest BCUT2D eigenvalue weighted by Gasteiger charge is 2.34. The smallest absolute Gasteiger partial charge is 0.338 e. The van der Waals surface area contributed by atoms with Gasteiger partial charge in [0.05, 0.1) is 28.5 Å². The Morgan fingerprint density at radius 3 is 2.58 bits per heavy atom. The van der Waals surface area contributed by atoms with Crippen molar-refractivity contribution in [2.75, 3.05) is 41.3 Å². The van der Waals surface area contributed by atoms with Crippen LogP contribution in [0.4, 0.5) is 5.69 Å². The molecular formula is C20H28N2O7S2. The number of rotatable bonds is 8. The second-order valence-electron chi connectivity index (χ2n) is 7.87. The number of ether oxygens (including phenoxy) is 1. The molecule has 0 saturated carbocycles. The fraction of sp³-hybridized carbons (Fsp3) is 0.600. The SMILES string of the molecule is CCCCN(C(=O)COC(=O)c1cccc(N2CCCS2(=O)=O)c1)C1CCS(=O)(=O)C1. The van der Waals surface area contributed by atoms with Crippen molar-refractivity contribution in [3.05, 3.63) is 29.8 Å². The van der Waals surface area contributed by atoms with Gasteiger partial charge in [-0.05, 0) is 37.5 Å². The van der Waals surface area contributed by atoms with Crippen molar-refractivity contribution in [3.63, 3.8) is 0 Å². The van der Waals surface area contributed by atoms with Crippen LogP contribution in [0, 0.1) is 0 Å². The van der Waals surface area contributed by atoms with Gasteiger partial charge in [0.2, 0.25) is 10.0 Å². The first-order valence-corrected chi connectivity index (χ1v) is 13.8. The third-order valence-electron chi connectivity index (χ3n) is 5.52. The molecule has 2 fully saturated rings. The third kappa shape index (κ3) is 5.76. The number of unbranched alkanes of at least 4 members (excludes halogenated alkanes) is 1. The number of anilines is 1. The molecule has 0 bridgehead atoms. The largest absolute Gasteiger partial charge is 0.452 e. The van der Waals surface area contributed by atoms with Gasteiger partial charge in [0.1, 0.15) is 0 Å². The number of nitrogens with zero attached hydrogens (tertiary/aromatic N) is 2. The Kier molecular flexibility index (Phi) is 7.25. The Balaban J connectivity index is 1.65. The summed E-state index contributed by atoms with van der Waals surface area (Å²) >= 11 is 0. The zero-order valence-corrected chi connectivity index (χ0v) is 19.2. The molecule has 11 heteroatoms. The zero-order chi connectivity index (χ0) is 22.6. The lowest BCUT2D eigenvalue weighted by Gasteiger charge is -2.28. The lowest BCUT2D eigenvalue weighted by molar-refractivity contribution is -0.136. The lowest BCUT2D eigenvalue weighted by Crippen LogP contribution is -2.43. The monoisotopic (exact) mass is 472 g/mol. The van der Waals surface area contributed by atoms with Crippen molar-refractivity contribution in [2.45, 2.75) is 38.6 Å². The molecule has 31 heavy (non-hydrogen) atoms. The molecule has 172 valence electrons. The molecule has 0 aromatic heterocycles. The van der Waals surface area contributed by atoms with E-state index in [0.29, 0.717) is 31.6 Å². The first-order chi connectivity index (χ1) is 14.6. The summed E-state index contributed by atoms with van der Waals surface area (Å²) in [5.74, 6) is -1.10. The first-order valence-electron chi connectivity index (χ1n) is 10.4. The van der Waals surface area contributed by atoms with Gasteiger partial charge in [0.15, 0.2) is 16.4 Å². The quantitative estimate of drug-likeness (QED) is 0.522. The lowest BCUT2D eigenvalue weighted by atomic mass is 10.2. The molecule has 0 aliphatic carbocycles. The second-order valence-corrected chi connectivity index (χ2v) is 12.1. The van der Waals surface area contributed by atoms with Crippen LogP contribution in [0.15, 0.2) is 24.3 Å². The van der Waals surface area contributed by atoms with Gasteiger partial charge in [0.25, 0.3) is 5.91 Å². The van der Waals surface area contributed by atoms with Crippen molar-refractivity contribution in [3.8, 4) is 0 Å². The molecule has 0 radical (unpaired) electrons. The number of sulfonamides is 1. The van der Waals surface area contributed by atoms with E-state index in [2.05, 4.69) is 0 Å². The summed E-state index contributed by atoms with van der Waals surface area (Å²) in [5.41, 5.74) is 0.537. The molecule has 2 saturated heterocycles. The van der Waals surface area contributed by atoms with Crippen molar-refractivity contribution in [1.29, 1.82) is 0 Å². The Morgan fingerprint density at radius 2 is 1.97 bits per heavy atom. The number of carbonyl (C=O) groups excluding carboxylic acids is 2. The van der Waals surface area contributed by atoms with Gasteiger partial charge in [-0.1, -0.05) is 19.4 Å². The van der Waals surface area contributed by atoms with Crippen LogP contribution in [0.2, 0.25) is 0 Å². The minimum absolute atomic E-state index is 0.0551. The van der Waals surface area contributed by atoms with E-state index in [0.717, 1.165) is 12.8 Å². The number of carbonyl (C=O) groups is 2.